The zero-order valence-corrected chi connectivity index (χ0v) is 12.5. The Labute approximate surface area is 123 Å². The van der Waals surface area contributed by atoms with E-state index in [4.69, 9.17) is 9.47 Å². The second-order valence-electron chi connectivity index (χ2n) is 5.90. The molecule has 116 valence electrons. The minimum atomic E-state index is -1.32. The second kappa shape index (κ2) is 5.79. The van der Waals surface area contributed by atoms with Crippen molar-refractivity contribution in [2.24, 2.45) is 13.0 Å². The van der Waals surface area contributed by atoms with Crippen molar-refractivity contribution in [3.05, 3.63) is 22.8 Å². The summed E-state index contributed by atoms with van der Waals surface area (Å²) in [6, 6.07) is 0. The van der Waals surface area contributed by atoms with Crippen molar-refractivity contribution in [3.63, 3.8) is 0 Å². The standard InChI is InChI=1S/C16H21F2NO2/c1-10-16(21-9-11-3-5-20-6-4-11)15-13(18)7-12(17)8-14(15)19(10)2/h8,11,13H,3-7,9H2,1-2H3. The second-order valence-corrected chi connectivity index (χ2v) is 5.90. The van der Waals surface area contributed by atoms with Gasteiger partial charge in [-0.15, -0.1) is 0 Å². The van der Waals surface area contributed by atoms with E-state index >= 15 is 0 Å². The number of fused-ring (bicyclic) bond motifs is 1. The molecule has 3 nitrogen and oxygen atoms in total. The number of rotatable bonds is 3. The van der Waals surface area contributed by atoms with E-state index in [0.29, 0.717) is 29.5 Å². The average Bonchev–Trinajstić information content (AvgIpc) is 2.71. The first-order valence-corrected chi connectivity index (χ1v) is 7.47. The first-order chi connectivity index (χ1) is 10.1. The third-order valence-corrected chi connectivity index (χ3v) is 4.50. The molecule has 2 heterocycles. The highest BCUT2D eigenvalue weighted by Crippen LogP contribution is 2.44. The fourth-order valence-electron chi connectivity index (χ4n) is 3.08. The van der Waals surface area contributed by atoms with E-state index < -0.39 is 12.0 Å². The maximum atomic E-state index is 14.3. The summed E-state index contributed by atoms with van der Waals surface area (Å²) >= 11 is 0. The zero-order valence-electron chi connectivity index (χ0n) is 12.5. The molecular weight excluding hydrogens is 276 g/mol. The molecule has 0 N–H and O–H groups in total. The summed E-state index contributed by atoms with van der Waals surface area (Å²) in [4.78, 5) is 0. The topological polar surface area (TPSA) is 23.4 Å². The van der Waals surface area contributed by atoms with Gasteiger partial charge in [0.1, 0.15) is 17.7 Å². The summed E-state index contributed by atoms with van der Waals surface area (Å²) in [6.07, 6.45) is 1.85. The van der Waals surface area contributed by atoms with Gasteiger partial charge in [-0.25, -0.2) is 8.78 Å². The van der Waals surface area contributed by atoms with Crippen LogP contribution in [0.4, 0.5) is 8.78 Å². The number of hydrogen-bond donors (Lipinski definition) is 0. The molecule has 0 bridgehead atoms. The predicted octanol–water partition coefficient (Wildman–Crippen LogP) is 3.86. The molecule has 1 unspecified atom stereocenters. The van der Waals surface area contributed by atoms with Crippen LogP contribution in [0, 0.1) is 12.8 Å². The van der Waals surface area contributed by atoms with Crippen molar-refractivity contribution in [2.45, 2.75) is 32.4 Å². The summed E-state index contributed by atoms with van der Waals surface area (Å²) in [6.45, 7) is 3.98. The predicted molar refractivity (Wildman–Crippen MR) is 76.7 cm³/mol. The lowest BCUT2D eigenvalue weighted by Gasteiger charge is -2.23. The Balaban J connectivity index is 1.83. The molecule has 1 aliphatic heterocycles. The van der Waals surface area contributed by atoms with E-state index in [9.17, 15) is 8.78 Å². The molecule has 21 heavy (non-hydrogen) atoms. The van der Waals surface area contributed by atoms with E-state index in [1.807, 2.05) is 14.0 Å². The zero-order chi connectivity index (χ0) is 15.0. The maximum Gasteiger partial charge on any atom is 0.146 e. The number of aromatic nitrogens is 1. The Morgan fingerprint density at radius 1 is 1.38 bits per heavy atom. The summed E-state index contributed by atoms with van der Waals surface area (Å²) in [5.41, 5.74) is 1.94. The Bertz CT molecular complexity index is 559. The van der Waals surface area contributed by atoms with Crippen molar-refractivity contribution >= 4 is 6.08 Å². The number of allylic oxidation sites excluding steroid dienone is 1. The highest BCUT2D eigenvalue weighted by Gasteiger charge is 2.30. The van der Waals surface area contributed by atoms with Gasteiger partial charge in [-0.2, -0.15) is 0 Å². The van der Waals surface area contributed by atoms with Gasteiger partial charge in [0.2, 0.25) is 0 Å². The van der Waals surface area contributed by atoms with Crippen LogP contribution in [0.15, 0.2) is 5.83 Å². The van der Waals surface area contributed by atoms with Crippen LogP contribution in [-0.2, 0) is 11.8 Å². The molecule has 1 fully saturated rings. The first-order valence-electron chi connectivity index (χ1n) is 7.47. The first kappa shape index (κ1) is 14.6. The lowest BCUT2D eigenvalue weighted by atomic mass is 10.00. The molecule has 1 saturated heterocycles. The molecule has 0 spiro atoms. The summed E-state index contributed by atoms with van der Waals surface area (Å²) in [5, 5.41) is 0. The molecule has 1 atom stereocenters. The molecule has 1 aromatic heterocycles. The number of hydrogen-bond acceptors (Lipinski definition) is 2. The van der Waals surface area contributed by atoms with E-state index in [2.05, 4.69) is 0 Å². The van der Waals surface area contributed by atoms with E-state index in [1.54, 1.807) is 4.57 Å². The summed E-state index contributed by atoms with van der Waals surface area (Å²) in [5.74, 6) is 0.629. The Morgan fingerprint density at radius 3 is 2.81 bits per heavy atom. The van der Waals surface area contributed by atoms with Gasteiger partial charge in [-0.1, -0.05) is 0 Å². The van der Waals surface area contributed by atoms with Crippen molar-refractivity contribution in [1.29, 1.82) is 0 Å². The molecule has 3 rings (SSSR count). The van der Waals surface area contributed by atoms with Gasteiger partial charge >= 0.3 is 0 Å². The van der Waals surface area contributed by atoms with Crippen LogP contribution in [0.25, 0.3) is 6.08 Å². The van der Waals surface area contributed by atoms with Crippen LogP contribution in [0.1, 0.15) is 42.4 Å². The SMILES string of the molecule is Cc1c(OCC2CCOCC2)c2c(n1C)C=C(F)CC2F. The van der Waals surface area contributed by atoms with E-state index in [1.165, 1.54) is 6.08 Å². The highest BCUT2D eigenvalue weighted by molar-refractivity contribution is 5.63. The van der Waals surface area contributed by atoms with Gasteiger partial charge in [-0.05, 0) is 31.8 Å². The molecule has 2 aliphatic rings. The molecule has 5 heteroatoms. The van der Waals surface area contributed by atoms with Crippen LogP contribution in [0.5, 0.6) is 5.75 Å². The monoisotopic (exact) mass is 297 g/mol. The van der Waals surface area contributed by atoms with Crippen LogP contribution >= 0.6 is 0 Å². The molecule has 0 amide bonds. The minimum Gasteiger partial charge on any atom is -0.491 e. The quantitative estimate of drug-likeness (QED) is 0.845. The molecular formula is C16H21F2NO2. The minimum absolute atomic E-state index is 0.190. The van der Waals surface area contributed by atoms with Gasteiger partial charge in [0, 0.05) is 26.7 Å². The largest absolute Gasteiger partial charge is 0.491 e. The summed E-state index contributed by atoms with van der Waals surface area (Å²) in [7, 11) is 1.82. The molecule has 0 saturated carbocycles. The molecule has 1 aromatic rings. The van der Waals surface area contributed by atoms with E-state index in [0.717, 1.165) is 31.7 Å². The van der Waals surface area contributed by atoms with Gasteiger partial charge in [0.15, 0.2) is 0 Å². The van der Waals surface area contributed by atoms with Gasteiger partial charge < -0.3 is 14.0 Å². The lowest BCUT2D eigenvalue weighted by Crippen LogP contribution is -2.21. The normalized spacial score (nSPS) is 22.9. The van der Waals surface area contributed by atoms with Crippen LogP contribution < -0.4 is 4.74 Å². The Hall–Kier alpha value is -1.36. The smallest absolute Gasteiger partial charge is 0.146 e. The van der Waals surface area contributed by atoms with Crippen LogP contribution in [-0.4, -0.2) is 24.4 Å². The van der Waals surface area contributed by atoms with Crippen molar-refractivity contribution in [3.8, 4) is 5.75 Å². The number of alkyl halides is 1. The van der Waals surface area contributed by atoms with Gasteiger partial charge in [-0.3, -0.25) is 0 Å². The highest BCUT2D eigenvalue weighted by atomic mass is 19.1. The number of halogens is 2. The van der Waals surface area contributed by atoms with Crippen molar-refractivity contribution < 1.29 is 18.3 Å². The van der Waals surface area contributed by atoms with E-state index in [-0.39, 0.29) is 6.42 Å². The van der Waals surface area contributed by atoms with Crippen LogP contribution in [0.3, 0.4) is 0 Å². The number of ether oxygens (including phenoxy) is 2. The molecule has 0 aromatic carbocycles. The third kappa shape index (κ3) is 2.71. The van der Waals surface area contributed by atoms with Crippen LogP contribution in [0.2, 0.25) is 0 Å². The Kier molecular flexibility index (Phi) is 4.02. The fourth-order valence-corrected chi connectivity index (χ4v) is 3.08. The Morgan fingerprint density at radius 2 is 2.10 bits per heavy atom. The number of nitrogens with zero attached hydrogens (tertiary/aromatic N) is 1. The molecule has 1 aliphatic carbocycles. The van der Waals surface area contributed by atoms with Crippen molar-refractivity contribution in [1.82, 2.24) is 4.57 Å². The van der Waals surface area contributed by atoms with Gasteiger partial charge in [0.05, 0.1) is 23.6 Å². The molecule has 0 radical (unpaired) electrons. The summed E-state index contributed by atoms with van der Waals surface area (Å²) < 4.78 is 40.8. The average molecular weight is 297 g/mol. The maximum absolute atomic E-state index is 14.3. The van der Waals surface area contributed by atoms with Gasteiger partial charge in [0.25, 0.3) is 0 Å². The third-order valence-electron chi connectivity index (χ3n) is 4.50. The fraction of sp³-hybridized carbons (Fsp3) is 0.625. The van der Waals surface area contributed by atoms with Crippen molar-refractivity contribution in [2.75, 3.05) is 19.8 Å². The lowest BCUT2D eigenvalue weighted by molar-refractivity contribution is 0.0493.